The van der Waals surface area contributed by atoms with Crippen molar-refractivity contribution in [2.75, 3.05) is 27.1 Å². The fourth-order valence-corrected chi connectivity index (χ4v) is 4.96. The van der Waals surface area contributed by atoms with Gasteiger partial charge in [-0.15, -0.1) is 0 Å². The van der Waals surface area contributed by atoms with Gasteiger partial charge in [-0.25, -0.2) is 16.8 Å². The molecule has 8 nitrogen and oxygen atoms in total. The number of hydrogen-bond donors (Lipinski definition) is 2. The maximum Gasteiger partial charge on any atom is 0.261 e. The zero-order valence-corrected chi connectivity index (χ0v) is 20.1. The maximum atomic E-state index is 12.5. The van der Waals surface area contributed by atoms with E-state index >= 15 is 0 Å². The van der Waals surface area contributed by atoms with Crippen LogP contribution in [0.2, 0.25) is 0 Å². The Bertz CT molecular complexity index is 1300. The molecule has 0 radical (unpaired) electrons. The molecular formula is C21H20BrN3O5S2. The van der Waals surface area contributed by atoms with Gasteiger partial charge in [-0.1, -0.05) is 34.1 Å². The van der Waals surface area contributed by atoms with Crippen LogP contribution in [0.15, 0.2) is 88.2 Å². The van der Waals surface area contributed by atoms with Crippen LogP contribution >= 0.6 is 15.9 Å². The number of benzene rings is 3. The number of nitrogens with zero attached hydrogens (tertiary/aromatic N) is 1. The average Bonchev–Trinajstić information content (AvgIpc) is 2.73. The molecule has 0 atom stereocenters. The lowest BCUT2D eigenvalue weighted by atomic mass is 10.3. The highest BCUT2D eigenvalue weighted by atomic mass is 79.9. The van der Waals surface area contributed by atoms with Crippen LogP contribution in [0.3, 0.4) is 0 Å². The molecule has 0 heterocycles. The number of carbonyl (C=O) groups excluding carboxylic acids is 1. The van der Waals surface area contributed by atoms with Gasteiger partial charge in [0.05, 0.1) is 16.8 Å². The number of nitrogens with one attached hydrogen (secondary N) is 2. The summed E-state index contributed by atoms with van der Waals surface area (Å²) in [6, 6.07) is 20.5. The van der Waals surface area contributed by atoms with E-state index in [0.29, 0.717) is 17.1 Å². The van der Waals surface area contributed by atoms with Crippen LogP contribution in [0.5, 0.6) is 0 Å². The zero-order valence-electron chi connectivity index (χ0n) is 16.9. The zero-order chi connectivity index (χ0) is 23.4. The van der Waals surface area contributed by atoms with Crippen molar-refractivity contribution >= 4 is 58.9 Å². The predicted molar refractivity (Wildman–Crippen MR) is 129 cm³/mol. The molecule has 0 unspecified atom stereocenters. The van der Waals surface area contributed by atoms with Crippen molar-refractivity contribution in [1.82, 2.24) is 0 Å². The van der Waals surface area contributed by atoms with Crippen LogP contribution in [-0.2, 0) is 24.8 Å². The highest BCUT2D eigenvalue weighted by Gasteiger charge is 2.21. The van der Waals surface area contributed by atoms with Gasteiger partial charge in [0.15, 0.2) is 0 Å². The van der Waals surface area contributed by atoms with E-state index < -0.39 is 32.5 Å². The third kappa shape index (κ3) is 6.31. The fourth-order valence-electron chi connectivity index (χ4n) is 2.78. The molecule has 0 fully saturated rings. The Balaban J connectivity index is 1.70. The highest BCUT2D eigenvalue weighted by molar-refractivity contribution is 9.10. The monoisotopic (exact) mass is 537 g/mol. The summed E-state index contributed by atoms with van der Waals surface area (Å²) < 4.78 is 53.6. The van der Waals surface area contributed by atoms with E-state index in [-0.39, 0.29) is 4.90 Å². The molecule has 3 aromatic rings. The normalized spacial score (nSPS) is 11.6. The van der Waals surface area contributed by atoms with E-state index in [9.17, 15) is 21.6 Å². The lowest BCUT2D eigenvalue weighted by Gasteiger charge is -2.22. The first kappa shape index (κ1) is 23.8. The van der Waals surface area contributed by atoms with Gasteiger partial charge in [0, 0.05) is 15.8 Å². The van der Waals surface area contributed by atoms with Crippen LogP contribution < -0.4 is 14.3 Å². The van der Waals surface area contributed by atoms with Gasteiger partial charge in [0.25, 0.3) is 10.0 Å². The number of anilines is 3. The van der Waals surface area contributed by atoms with Crippen molar-refractivity contribution in [3.05, 3.63) is 83.3 Å². The molecule has 0 aromatic heterocycles. The molecular weight excluding hydrogens is 518 g/mol. The quantitative estimate of drug-likeness (QED) is 0.455. The van der Waals surface area contributed by atoms with Gasteiger partial charge in [0.2, 0.25) is 15.9 Å². The van der Waals surface area contributed by atoms with E-state index in [0.717, 1.165) is 15.0 Å². The van der Waals surface area contributed by atoms with Crippen molar-refractivity contribution in [2.45, 2.75) is 4.90 Å². The summed E-state index contributed by atoms with van der Waals surface area (Å²) in [6.07, 6.45) is 1.02. The second-order valence-corrected chi connectivity index (χ2v) is 11.3. The Kier molecular flexibility index (Phi) is 7.22. The minimum atomic E-state index is -3.79. The number of sulfonamides is 2. The van der Waals surface area contributed by atoms with E-state index in [4.69, 9.17) is 0 Å². The van der Waals surface area contributed by atoms with Crippen LogP contribution in [0, 0.1) is 0 Å². The van der Waals surface area contributed by atoms with E-state index in [1.54, 1.807) is 54.6 Å². The minimum Gasteiger partial charge on any atom is -0.325 e. The van der Waals surface area contributed by atoms with Crippen molar-refractivity contribution in [3.8, 4) is 0 Å². The van der Waals surface area contributed by atoms with Crippen molar-refractivity contribution in [1.29, 1.82) is 0 Å². The van der Waals surface area contributed by atoms with Crippen LogP contribution in [0.1, 0.15) is 0 Å². The number of hydrogen-bond acceptors (Lipinski definition) is 5. The molecule has 1 amide bonds. The molecule has 11 heteroatoms. The Morgan fingerprint density at radius 2 is 1.44 bits per heavy atom. The van der Waals surface area contributed by atoms with Crippen molar-refractivity contribution in [3.63, 3.8) is 0 Å². The summed E-state index contributed by atoms with van der Waals surface area (Å²) in [5.74, 6) is -0.573. The van der Waals surface area contributed by atoms with Gasteiger partial charge in [-0.2, -0.15) is 0 Å². The lowest BCUT2D eigenvalue weighted by molar-refractivity contribution is -0.114. The highest BCUT2D eigenvalue weighted by Crippen LogP contribution is 2.21. The number of rotatable bonds is 8. The molecule has 0 aliphatic rings. The maximum absolute atomic E-state index is 12.5. The average molecular weight is 538 g/mol. The molecule has 0 saturated carbocycles. The summed E-state index contributed by atoms with van der Waals surface area (Å²) >= 11 is 3.28. The van der Waals surface area contributed by atoms with Gasteiger partial charge in [0.1, 0.15) is 6.54 Å². The first-order valence-corrected chi connectivity index (χ1v) is 13.4. The molecule has 0 bridgehead atoms. The summed E-state index contributed by atoms with van der Waals surface area (Å²) in [6.45, 7) is -0.434. The predicted octanol–water partition coefficient (Wildman–Crippen LogP) is 3.65. The summed E-state index contributed by atoms with van der Waals surface area (Å²) in [4.78, 5) is 12.5. The number of carbonyl (C=O) groups is 1. The molecule has 168 valence electrons. The van der Waals surface area contributed by atoms with Gasteiger partial charge < -0.3 is 5.32 Å². The standard InChI is InChI=1S/C21H20BrN3O5S2/c1-31(27,28)25(19-11-7-16(22)8-12-19)15-21(26)23-17-9-13-20(14-10-17)32(29,30)24-18-5-3-2-4-6-18/h2-14,24H,15H2,1H3,(H,23,26). The molecule has 3 rings (SSSR count). The number of para-hydroxylation sites is 1. The van der Waals surface area contributed by atoms with E-state index in [1.165, 1.54) is 24.3 Å². The summed E-state index contributed by atoms with van der Waals surface area (Å²) in [5, 5.41) is 2.58. The fraction of sp³-hybridized carbons (Fsp3) is 0.0952. The lowest BCUT2D eigenvalue weighted by Crippen LogP contribution is -2.37. The molecule has 2 N–H and O–H groups in total. The van der Waals surface area contributed by atoms with Gasteiger partial charge in [-0.05, 0) is 60.7 Å². The first-order valence-electron chi connectivity index (χ1n) is 9.26. The molecule has 0 saturated heterocycles. The topological polar surface area (TPSA) is 113 Å². The van der Waals surface area contributed by atoms with Crippen LogP contribution in [0.25, 0.3) is 0 Å². The minimum absolute atomic E-state index is 0.0203. The second kappa shape index (κ2) is 9.72. The van der Waals surface area contributed by atoms with Gasteiger partial charge in [-0.3, -0.25) is 13.8 Å². The summed E-state index contributed by atoms with van der Waals surface area (Å²) in [5.41, 5.74) is 1.11. The van der Waals surface area contributed by atoms with Crippen LogP contribution in [0.4, 0.5) is 17.1 Å². The third-order valence-corrected chi connectivity index (χ3v) is 7.34. The first-order chi connectivity index (χ1) is 15.0. The van der Waals surface area contributed by atoms with Gasteiger partial charge >= 0.3 is 0 Å². The molecule has 0 aliphatic heterocycles. The third-order valence-electron chi connectivity index (χ3n) is 4.28. The number of halogens is 1. The van der Waals surface area contributed by atoms with E-state index in [2.05, 4.69) is 26.0 Å². The Labute approximate surface area is 195 Å². The van der Waals surface area contributed by atoms with Crippen molar-refractivity contribution < 1.29 is 21.6 Å². The largest absolute Gasteiger partial charge is 0.325 e. The Morgan fingerprint density at radius 3 is 2.00 bits per heavy atom. The molecule has 0 spiro atoms. The van der Waals surface area contributed by atoms with Crippen LogP contribution in [-0.4, -0.2) is 35.5 Å². The van der Waals surface area contributed by atoms with Crippen molar-refractivity contribution in [2.24, 2.45) is 0 Å². The molecule has 3 aromatic carbocycles. The van der Waals surface area contributed by atoms with E-state index in [1.807, 2.05) is 0 Å². The molecule has 32 heavy (non-hydrogen) atoms. The molecule has 0 aliphatic carbocycles. The number of amides is 1. The second-order valence-electron chi connectivity index (χ2n) is 6.79. The Morgan fingerprint density at radius 1 is 0.844 bits per heavy atom. The summed E-state index contributed by atoms with van der Waals surface area (Å²) in [7, 11) is -7.49. The SMILES string of the molecule is CS(=O)(=O)N(CC(=O)Nc1ccc(S(=O)(=O)Nc2ccccc2)cc1)c1ccc(Br)cc1. The Hall–Kier alpha value is -2.89. The smallest absolute Gasteiger partial charge is 0.261 e.